The summed E-state index contributed by atoms with van der Waals surface area (Å²) in [5, 5.41) is 0. The van der Waals surface area contributed by atoms with Crippen LogP contribution in [0, 0.1) is 0 Å². The molecule has 2 heterocycles. The Balaban J connectivity index is 1.89. The van der Waals surface area contributed by atoms with Gasteiger partial charge in [-0.15, -0.1) is 0 Å². The second-order valence-corrected chi connectivity index (χ2v) is 7.77. The normalized spacial score (nSPS) is 28.6. The van der Waals surface area contributed by atoms with Crippen molar-refractivity contribution in [3.63, 3.8) is 0 Å². The Hall–Kier alpha value is -1.07. The van der Waals surface area contributed by atoms with E-state index in [2.05, 4.69) is 23.1 Å². The molecule has 19 heavy (non-hydrogen) atoms. The Kier molecular flexibility index (Phi) is 3.27. The van der Waals surface area contributed by atoms with Gasteiger partial charge in [-0.2, -0.15) is 0 Å². The van der Waals surface area contributed by atoms with E-state index in [9.17, 15) is 8.42 Å². The van der Waals surface area contributed by atoms with Crippen molar-refractivity contribution in [2.24, 2.45) is 5.73 Å². The van der Waals surface area contributed by atoms with E-state index in [1.807, 2.05) is 6.07 Å². The topological polar surface area (TPSA) is 63.4 Å². The molecule has 0 saturated carbocycles. The molecule has 1 aromatic rings. The zero-order chi connectivity index (χ0) is 13.5. The Bertz CT molecular complexity index is 571. The number of sulfone groups is 1. The van der Waals surface area contributed by atoms with E-state index in [1.165, 1.54) is 11.3 Å². The average Bonchev–Trinajstić information content (AvgIpc) is 2.91. The molecule has 4 nitrogen and oxygen atoms in total. The summed E-state index contributed by atoms with van der Waals surface area (Å²) in [4.78, 5) is 2.29. The number of nitrogens with zero attached hydrogens (tertiary/aromatic N) is 1. The lowest BCUT2D eigenvalue weighted by molar-refractivity contribution is 0.589. The van der Waals surface area contributed by atoms with Crippen molar-refractivity contribution in [1.82, 2.24) is 0 Å². The highest BCUT2D eigenvalue weighted by atomic mass is 32.2. The van der Waals surface area contributed by atoms with Gasteiger partial charge in [0.25, 0.3) is 0 Å². The summed E-state index contributed by atoms with van der Waals surface area (Å²) in [5.74, 6) is 1.08. The first-order valence-corrected chi connectivity index (χ1v) is 8.69. The van der Waals surface area contributed by atoms with Crippen LogP contribution in [-0.4, -0.2) is 39.1 Å². The van der Waals surface area contributed by atoms with Crippen LogP contribution in [0.5, 0.6) is 0 Å². The van der Waals surface area contributed by atoms with Crippen LogP contribution in [0.1, 0.15) is 24.3 Å². The van der Waals surface area contributed by atoms with Gasteiger partial charge in [-0.1, -0.05) is 18.2 Å². The fourth-order valence-electron chi connectivity index (χ4n) is 3.34. The van der Waals surface area contributed by atoms with Gasteiger partial charge in [0, 0.05) is 24.2 Å². The number of anilines is 1. The molecule has 0 aliphatic carbocycles. The van der Waals surface area contributed by atoms with Gasteiger partial charge in [0.15, 0.2) is 9.84 Å². The summed E-state index contributed by atoms with van der Waals surface area (Å²) in [7, 11) is -2.83. The second kappa shape index (κ2) is 4.80. The lowest BCUT2D eigenvalue weighted by Gasteiger charge is -2.26. The highest BCUT2D eigenvalue weighted by Crippen LogP contribution is 2.40. The molecule has 2 aliphatic rings. The van der Waals surface area contributed by atoms with Crippen LogP contribution in [0.4, 0.5) is 5.69 Å². The van der Waals surface area contributed by atoms with Gasteiger partial charge in [0.05, 0.1) is 11.5 Å². The predicted octanol–water partition coefficient (Wildman–Crippen LogP) is 1.13. The van der Waals surface area contributed by atoms with Gasteiger partial charge in [0.1, 0.15) is 0 Å². The van der Waals surface area contributed by atoms with Gasteiger partial charge < -0.3 is 10.6 Å². The maximum Gasteiger partial charge on any atom is 0.152 e. The molecule has 0 aromatic heterocycles. The van der Waals surface area contributed by atoms with E-state index in [0.29, 0.717) is 24.0 Å². The maximum absolute atomic E-state index is 11.7. The smallest absolute Gasteiger partial charge is 0.152 e. The highest BCUT2D eigenvalue weighted by molar-refractivity contribution is 7.91. The Morgan fingerprint density at radius 1 is 1.32 bits per heavy atom. The molecular formula is C14H20N2O2S. The van der Waals surface area contributed by atoms with Crippen molar-refractivity contribution in [1.29, 1.82) is 0 Å². The van der Waals surface area contributed by atoms with E-state index in [1.54, 1.807) is 0 Å². The lowest BCUT2D eigenvalue weighted by Crippen LogP contribution is -2.35. The predicted molar refractivity (Wildman–Crippen MR) is 77.3 cm³/mol. The first-order chi connectivity index (χ1) is 9.11. The largest absolute Gasteiger partial charge is 0.367 e. The molecule has 0 spiro atoms. The molecule has 1 aromatic carbocycles. The number of rotatable bonds is 3. The quantitative estimate of drug-likeness (QED) is 0.901. The van der Waals surface area contributed by atoms with Crippen molar-refractivity contribution < 1.29 is 8.42 Å². The molecule has 0 bridgehead atoms. The van der Waals surface area contributed by atoms with Crippen LogP contribution in [0.3, 0.4) is 0 Å². The number of nitrogens with two attached hydrogens (primary N) is 1. The Morgan fingerprint density at radius 3 is 2.79 bits per heavy atom. The summed E-state index contributed by atoms with van der Waals surface area (Å²) in [6.45, 7) is 1.59. The number of hydrogen-bond donors (Lipinski definition) is 1. The first-order valence-electron chi connectivity index (χ1n) is 6.87. The summed E-state index contributed by atoms with van der Waals surface area (Å²) in [5.41, 5.74) is 8.24. The van der Waals surface area contributed by atoms with Crippen molar-refractivity contribution in [3.8, 4) is 0 Å². The second-order valence-electron chi connectivity index (χ2n) is 5.54. The Labute approximate surface area is 114 Å². The fraction of sp³-hybridized carbons (Fsp3) is 0.571. The van der Waals surface area contributed by atoms with Crippen LogP contribution in [0.25, 0.3) is 0 Å². The van der Waals surface area contributed by atoms with E-state index < -0.39 is 9.84 Å². The molecule has 1 saturated heterocycles. The highest BCUT2D eigenvalue weighted by Gasteiger charge is 2.37. The molecule has 104 valence electrons. The van der Waals surface area contributed by atoms with E-state index in [-0.39, 0.29) is 6.04 Å². The van der Waals surface area contributed by atoms with Crippen LogP contribution in [0.2, 0.25) is 0 Å². The molecule has 0 radical (unpaired) electrons. The minimum Gasteiger partial charge on any atom is -0.367 e. The van der Waals surface area contributed by atoms with E-state index >= 15 is 0 Å². The molecule has 2 aliphatic heterocycles. The number of fused-ring (bicyclic) bond motifs is 1. The third kappa shape index (κ3) is 2.37. The van der Waals surface area contributed by atoms with Crippen LogP contribution < -0.4 is 10.6 Å². The zero-order valence-electron chi connectivity index (χ0n) is 11.0. The molecular weight excluding hydrogens is 260 g/mol. The summed E-state index contributed by atoms with van der Waals surface area (Å²) >= 11 is 0. The molecule has 1 fully saturated rings. The number of benzene rings is 1. The van der Waals surface area contributed by atoms with Gasteiger partial charge in [-0.05, 0) is 31.0 Å². The van der Waals surface area contributed by atoms with Gasteiger partial charge >= 0.3 is 0 Å². The van der Waals surface area contributed by atoms with E-state index in [0.717, 1.165) is 19.4 Å². The SMILES string of the molecule is NCCC1CN(C2CCS(=O)(=O)C2)c2ccccc21. The molecule has 2 atom stereocenters. The molecule has 2 unspecified atom stereocenters. The molecule has 5 heteroatoms. The van der Waals surface area contributed by atoms with Crippen LogP contribution in [0.15, 0.2) is 24.3 Å². The average molecular weight is 280 g/mol. The minimum absolute atomic E-state index is 0.147. The third-order valence-corrected chi connectivity index (χ3v) is 6.02. The zero-order valence-corrected chi connectivity index (χ0v) is 11.8. The van der Waals surface area contributed by atoms with Crippen molar-refractivity contribution >= 4 is 15.5 Å². The monoisotopic (exact) mass is 280 g/mol. The fourth-order valence-corrected chi connectivity index (χ4v) is 5.07. The lowest BCUT2D eigenvalue weighted by atomic mass is 9.98. The van der Waals surface area contributed by atoms with E-state index in [4.69, 9.17) is 5.73 Å². The summed E-state index contributed by atoms with van der Waals surface area (Å²) < 4.78 is 23.3. The number of hydrogen-bond acceptors (Lipinski definition) is 4. The Morgan fingerprint density at radius 2 is 2.11 bits per heavy atom. The number of para-hydroxylation sites is 1. The molecule has 2 N–H and O–H groups in total. The minimum atomic E-state index is -2.83. The summed E-state index contributed by atoms with van der Waals surface area (Å²) in [6.07, 6.45) is 1.72. The molecule has 0 amide bonds. The van der Waals surface area contributed by atoms with Gasteiger partial charge in [-0.3, -0.25) is 0 Å². The van der Waals surface area contributed by atoms with Crippen molar-refractivity contribution in [2.45, 2.75) is 24.8 Å². The third-order valence-electron chi connectivity index (χ3n) is 4.27. The molecule has 3 rings (SSSR count). The van der Waals surface area contributed by atoms with Crippen molar-refractivity contribution in [3.05, 3.63) is 29.8 Å². The van der Waals surface area contributed by atoms with Crippen LogP contribution in [-0.2, 0) is 9.84 Å². The van der Waals surface area contributed by atoms with Crippen LogP contribution >= 0.6 is 0 Å². The summed E-state index contributed by atoms with van der Waals surface area (Å²) in [6, 6.07) is 8.49. The van der Waals surface area contributed by atoms with Gasteiger partial charge in [0.2, 0.25) is 0 Å². The van der Waals surface area contributed by atoms with Crippen molar-refractivity contribution in [2.75, 3.05) is 29.5 Å². The van der Waals surface area contributed by atoms with Gasteiger partial charge in [-0.25, -0.2) is 8.42 Å². The first kappa shape index (κ1) is 12.9. The standard InChI is InChI=1S/C14H20N2O2S/c15-7-5-11-9-16(12-6-8-19(17,18)10-12)14-4-2-1-3-13(11)14/h1-4,11-12H,5-10,15H2. The maximum atomic E-state index is 11.7.